The maximum atomic E-state index is 12.6. The van der Waals surface area contributed by atoms with Gasteiger partial charge in [0.15, 0.2) is 0 Å². The first-order valence-corrected chi connectivity index (χ1v) is 7.33. The molecule has 1 aromatic carbocycles. The number of halogens is 1. The molecule has 3 rings (SSSR count). The molecule has 2 amide bonds. The normalized spacial score (nSPS) is 22.7. The van der Waals surface area contributed by atoms with Crippen LogP contribution in [0.1, 0.15) is 12.8 Å². The van der Waals surface area contributed by atoms with E-state index in [0.29, 0.717) is 11.4 Å². The fourth-order valence-electron chi connectivity index (χ4n) is 2.50. The summed E-state index contributed by atoms with van der Waals surface area (Å²) in [7, 11) is 1.56. The van der Waals surface area contributed by atoms with Crippen molar-refractivity contribution in [1.29, 1.82) is 0 Å². The molecular weight excluding hydrogens is 324 g/mol. The first-order chi connectivity index (χ1) is 9.60. The van der Waals surface area contributed by atoms with Crippen molar-refractivity contribution >= 4 is 33.4 Å². The minimum atomic E-state index is -0.389. The molecule has 106 valence electrons. The van der Waals surface area contributed by atoms with Crippen molar-refractivity contribution in [1.82, 2.24) is 5.32 Å². The Kier molecular flexibility index (Phi) is 3.41. The van der Waals surface area contributed by atoms with Crippen molar-refractivity contribution in [2.45, 2.75) is 18.9 Å². The number of amides is 2. The van der Waals surface area contributed by atoms with Crippen LogP contribution in [0.4, 0.5) is 5.69 Å². The van der Waals surface area contributed by atoms with E-state index in [4.69, 9.17) is 4.74 Å². The van der Waals surface area contributed by atoms with E-state index >= 15 is 0 Å². The van der Waals surface area contributed by atoms with Gasteiger partial charge in [-0.05, 0) is 37.0 Å². The zero-order chi connectivity index (χ0) is 14.3. The standard InChI is InChI=1S/C14H15BrN2O3/c1-20-11-5-4-9(15)6-10(11)17-7-12(18)16-13(14(17)19)8-2-3-8/h4-6,8,13H,2-3,7H2,1H3,(H,16,18). The number of methoxy groups -OCH3 is 1. The van der Waals surface area contributed by atoms with Crippen LogP contribution in [0.5, 0.6) is 5.75 Å². The lowest BCUT2D eigenvalue weighted by molar-refractivity contribution is -0.131. The largest absolute Gasteiger partial charge is 0.495 e. The second-order valence-corrected chi connectivity index (χ2v) is 6.04. The van der Waals surface area contributed by atoms with E-state index in [2.05, 4.69) is 21.2 Å². The van der Waals surface area contributed by atoms with Gasteiger partial charge in [-0.15, -0.1) is 0 Å². The molecule has 2 fully saturated rings. The smallest absolute Gasteiger partial charge is 0.250 e. The molecule has 0 spiro atoms. The Morgan fingerprint density at radius 1 is 1.35 bits per heavy atom. The van der Waals surface area contributed by atoms with E-state index < -0.39 is 0 Å². The van der Waals surface area contributed by atoms with Gasteiger partial charge in [0.25, 0.3) is 0 Å². The van der Waals surface area contributed by atoms with Crippen LogP contribution in [0.25, 0.3) is 0 Å². The van der Waals surface area contributed by atoms with Gasteiger partial charge in [-0.2, -0.15) is 0 Å². The maximum Gasteiger partial charge on any atom is 0.250 e. The van der Waals surface area contributed by atoms with Gasteiger partial charge in [-0.1, -0.05) is 15.9 Å². The zero-order valence-electron chi connectivity index (χ0n) is 11.1. The van der Waals surface area contributed by atoms with Gasteiger partial charge in [0.05, 0.1) is 12.8 Å². The fraction of sp³-hybridized carbons (Fsp3) is 0.429. The number of hydrogen-bond acceptors (Lipinski definition) is 3. The first kappa shape index (κ1) is 13.4. The molecule has 1 N–H and O–H groups in total. The van der Waals surface area contributed by atoms with Crippen LogP contribution in [0, 0.1) is 5.92 Å². The quantitative estimate of drug-likeness (QED) is 0.912. The summed E-state index contributed by atoms with van der Waals surface area (Å²) in [6, 6.07) is 5.04. The van der Waals surface area contributed by atoms with Crippen LogP contribution in [-0.2, 0) is 9.59 Å². The Morgan fingerprint density at radius 3 is 2.75 bits per heavy atom. The molecular formula is C14H15BrN2O3. The second kappa shape index (κ2) is 5.09. The van der Waals surface area contributed by atoms with Crippen LogP contribution in [0.3, 0.4) is 0 Å². The van der Waals surface area contributed by atoms with Crippen LogP contribution in [0.15, 0.2) is 22.7 Å². The lowest BCUT2D eigenvalue weighted by Gasteiger charge is -2.33. The highest BCUT2D eigenvalue weighted by atomic mass is 79.9. The number of benzene rings is 1. The molecule has 0 aromatic heterocycles. The van der Waals surface area contributed by atoms with Crippen LogP contribution in [0.2, 0.25) is 0 Å². The van der Waals surface area contributed by atoms with E-state index in [-0.39, 0.29) is 30.3 Å². The predicted octanol–water partition coefficient (Wildman–Crippen LogP) is 1.70. The highest BCUT2D eigenvalue weighted by Crippen LogP contribution is 2.37. The fourth-order valence-corrected chi connectivity index (χ4v) is 2.85. The number of carbonyl (C=O) groups is 2. The molecule has 1 aliphatic heterocycles. The third-order valence-corrected chi connectivity index (χ3v) is 4.17. The highest BCUT2D eigenvalue weighted by Gasteiger charge is 2.43. The van der Waals surface area contributed by atoms with Crippen LogP contribution < -0.4 is 15.0 Å². The number of hydrogen-bond donors (Lipinski definition) is 1. The number of rotatable bonds is 3. The van der Waals surface area contributed by atoms with Crippen molar-refractivity contribution in [3.8, 4) is 5.75 Å². The Balaban J connectivity index is 1.97. The molecule has 1 aromatic rings. The number of carbonyl (C=O) groups excluding carboxylic acids is 2. The predicted molar refractivity (Wildman–Crippen MR) is 77.7 cm³/mol. The third kappa shape index (κ3) is 2.40. The molecule has 20 heavy (non-hydrogen) atoms. The van der Waals surface area contributed by atoms with Gasteiger partial charge in [-0.25, -0.2) is 0 Å². The SMILES string of the molecule is COc1ccc(Br)cc1N1CC(=O)NC(C2CC2)C1=O. The summed E-state index contributed by atoms with van der Waals surface area (Å²) >= 11 is 3.39. The van der Waals surface area contributed by atoms with Crippen LogP contribution in [-0.4, -0.2) is 31.5 Å². The summed E-state index contributed by atoms with van der Waals surface area (Å²) in [5.74, 6) is 0.699. The number of anilines is 1. The minimum Gasteiger partial charge on any atom is -0.495 e. The van der Waals surface area contributed by atoms with Gasteiger partial charge in [0, 0.05) is 4.47 Å². The van der Waals surface area contributed by atoms with Crippen molar-refractivity contribution in [3.05, 3.63) is 22.7 Å². The topological polar surface area (TPSA) is 58.6 Å². The number of ether oxygens (including phenoxy) is 1. The van der Waals surface area contributed by atoms with Crippen molar-refractivity contribution < 1.29 is 14.3 Å². The summed E-state index contributed by atoms with van der Waals surface area (Å²) in [6.07, 6.45) is 2.00. The van der Waals surface area contributed by atoms with E-state index in [1.165, 1.54) is 4.90 Å². The molecule has 1 saturated heterocycles. The Bertz CT molecular complexity index is 572. The molecule has 0 radical (unpaired) electrons. The van der Waals surface area contributed by atoms with Crippen molar-refractivity contribution in [2.75, 3.05) is 18.6 Å². The minimum absolute atomic E-state index is 0.0366. The molecule has 6 heteroatoms. The van der Waals surface area contributed by atoms with E-state index in [1.807, 2.05) is 6.07 Å². The molecule has 1 saturated carbocycles. The summed E-state index contributed by atoms with van der Waals surface area (Å²) in [4.78, 5) is 26.0. The number of piperazine rings is 1. The summed E-state index contributed by atoms with van der Waals surface area (Å²) < 4.78 is 6.14. The van der Waals surface area contributed by atoms with Gasteiger partial charge in [0.2, 0.25) is 11.8 Å². The molecule has 1 unspecified atom stereocenters. The Hall–Kier alpha value is -1.56. The van der Waals surface area contributed by atoms with Gasteiger partial charge < -0.3 is 10.1 Å². The molecule has 1 atom stereocenters. The zero-order valence-corrected chi connectivity index (χ0v) is 12.6. The second-order valence-electron chi connectivity index (χ2n) is 5.12. The molecule has 1 heterocycles. The lowest BCUT2D eigenvalue weighted by Crippen LogP contribution is -2.59. The number of nitrogens with zero attached hydrogens (tertiary/aromatic N) is 1. The summed E-state index contributed by atoms with van der Waals surface area (Å²) in [5.41, 5.74) is 0.632. The lowest BCUT2D eigenvalue weighted by atomic mass is 10.1. The Morgan fingerprint density at radius 2 is 2.10 bits per heavy atom. The van der Waals surface area contributed by atoms with E-state index in [9.17, 15) is 9.59 Å². The summed E-state index contributed by atoms with van der Waals surface area (Å²) in [6.45, 7) is 0.0366. The summed E-state index contributed by atoms with van der Waals surface area (Å²) in [5, 5.41) is 2.80. The third-order valence-electron chi connectivity index (χ3n) is 3.68. The van der Waals surface area contributed by atoms with Crippen molar-refractivity contribution in [3.63, 3.8) is 0 Å². The highest BCUT2D eigenvalue weighted by molar-refractivity contribution is 9.10. The molecule has 1 aliphatic carbocycles. The average Bonchev–Trinajstić information content (AvgIpc) is 3.25. The molecule has 5 nitrogen and oxygen atoms in total. The van der Waals surface area contributed by atoms with E-state index in [0.717, 1.165) is 17.3 Å². The molecule has 0 bridgehead atoms. The van der Waals surface area contributed by atoms with Gasteiger partial charge in [-0.3, -0.25) is 14.5 Å². The van der Waals surface area contributed by atoms with Crippen molar-refractivity contribution in [2.24, 2.45) is 5.92 Å². The first-order valence-electron chi connectivity index (χ1n) is 6.54. The monoisotopic (exact) mass is 338 g/mol. The van der Waals surface area contributed by atoms with Gasteiger partial charge in [0.1, 0.15) is 18.3 Å². The molecule has 2 aliphatic rings. The van der Waals surface area contributed by atoms with Gasteiger partial charge >= 0.3 is 0 Å². The van der Waals surface area contributed by atoms with Crippen LogP contribution >= 0.6 is 15.9 Å². The van der Waals surface area contributed by atoms with E-state index in [1.54, 1.807) is 19.2 Å². The Labute approximate surface area is 125 Å². The average molecular weight is 339 g/mol. The number of nitrogens with one attached hydrogen (secondary N) is 1. The maximum absolute atomic E-state index is 12.6.